The second-order valence-corrected chi connectivity index (χ2v) is 6.47. The van der Waals surface area contributed by atoms with Gasteiger partial charge in [0.05, 0.1) is 17.9 Å². The van der Waals surface area contributed by atoms with E-state index in [1.165, 1.54) is 0 Å². The maximum absolute atomic E-state index is 12.9. The number of carbonyl (C=O) groups excluding carboxylic acids is 2. The van der Waals surface area contributed by atoms with Crippen molar-refractivity contribution < 1.29 is 18.4 Å². The molecule has 0 saturated heterocycles. The highest BCUT2D eigenvalue weighted by Gasteiger charge is 2.29. The van der Waals surface area contributed by atoms with E-state index in [0.717, 1.165) is 28.3 Å². The Kier molecular flexibility index (Phi) is 4.56. The van der Waals surface area contributed by atoms with Crippen LogP contribution in [0.1, 0.15) is 51.5 Å². The quantitative estimate of drug-likeness (QED) is 0.595. The summed E-state index contributed by atoms with van der Waals surface area (Å²) < 4.78 is 11.3. The molecule has 0 amide bonds. The van der Waals surface area contributed by atoms with Gasteiger partial charge in [0.15, 0.2) is 0 Å². The highest BCUT2D eigenvalue weighted by atomic mass is 16.3. The molecule has 0 fully saturated rings. The molecule has 4 nitrogen and oxygen atoms in total. The summed E-state index contributed by atoms with van der Waals surface area (Å²) in [6.07, 6.45) is 4.96. The van der Waals surface area contributed by atoms with Gasteiger partial charge in [0.25, 0.3) is 0 Å². The fourth-order valence-corrected chi connectivity index (χ4v) is 3.17. The fraction of sp³-hybridized carbons (Fsp3) is 0.400. The molecule has 2 unspecified atom stereocenters. The zero-order valence-electron chi connectivity index (χ0n) is 14.3. The van der Waals surface area contributed by atoms with Crippen LogP contribution in [0.3, 0.4) is 0 Å². The number of Topliss-reactive ketones (excluding diaryl/α,β-unsaturated/α-hetero) is 2. The summed E-state index contributed by atoms with van der Waals surface area (Å²) in [5, 5.41) is 1.83. The lowest BCUT2D eigenvalue weighted by Crippen LogP contribution is -2.20. The van der Waals surface area contributed by atoms with E-state index in [4.69, 9.17) is 8.83 Å². The highest BCUT2D eigenvalue weighted by Crippen LogP contribution is 2.37. The Bertz CT molecular complexity index is 883. The smallest absolute Gasteiger partial charge is 0.145 e. The van der Waals surface area contributed by atoms with Crippen LogP contribution in [-0.2, 0) is 9.59 Å². The molecule has 0 aliphatic rings. The molecule has 2 aromatic heterocycles. The third kappa shape index (κ3) is 2.88. The lowest BCUT2D eigenvalue weighted by atomic mass is 9.83. The maximum Gasteiger partial charge on any atom is 0.145 e. The molecule has 3 rings (SSSR count). The van der Waals surface area contributed by atoms with Crippen LogP contribution >= 0.6 is 0 Å². The van der Waals surface area contributed by atoms with Gasteiger partial charge in [-0.3, -0.25) is 4.79 Å². The Morgan fingerprint density at radius 3 is 2.67 bits per heavy atom. The van der Waals surface area contributed by atoms with E-state index in [2.05, 4.69) is 0 Å². The van der Waals surface area contributed by atoms with E-state index in [1.54, 1.807) is 19.5 Å². The monoisotopic (exact) mass is 326 g/mol. The molecule has 2 heterocycles. The maximum atomic E-state index is 12.9. The summed E-state index contributed by atoms with van der Waals surface area (Å²) in [5.74, 6) is -0.151. The van der Waals surface area contributed by atoms with Crippen molar-refractivity contribution in [2.75, 3.05) is 0 Å². The van der Waals surface area contributed by atoms with Gasteiger partial charge in [-0.2, -0.15) is 0 Å². The molecule has 0 aliphatic heterocycles. The van der Waals surface area contributed by atoms with Crippen LogP contribution in [0.15, 0.2) is 39.6 Å². The van der Waals surface area contributed by atoms with Crippen molar-refractivity contribution in [3.05, 3.63) is 36.3 Å². The fourth-order valence-electron chi connectivity index (χ4n) is 3.17. The summed E-state index contributed by atoms with van der Waals surface area (Å²) in [6.45, 7) is 5.50. The second kappa shape index (κ2) is 6.63. The van der Waals surface area contributed by atoms with E-state index in [9.17, 15) is 9.59 Å². The zero-order valence-corrected chi connectivity index (χ0v) is 14.3. The van der Waals surface area contributed by atoms with Crippen LogP contribution in [0.5, 0.6) is 0 Å². The number of furan rings is 2. The normalized spacial score (nSPS) is 14.1. The minimum atomic E-state index is -0.346. The minimum absolute atomic E-state index is 0.0530. The van der Waals surface area contributed by atoms with Crippen molar-refractivity contribution in [1.82, 2.24) is 0 Å². The molecule has 126 valence electrons. The van der Waals surface area contributed by atoms with Crippen LogP contribution < -0.4 is 0 Å². The number of hydrogen-bond donors (Lipinski definition) is 0. The molecular weight excluding hydrogens is 304 g/mol. The molecular formula is C20H22O4. The Labute approximate surface area is 140 Å². The first kappa shape index (κ1) is 16.5. The van der Waals surface area contributed by atoms with Crippen LogP contribution in [-0.4, -0.2) is 11.6 Å². The average molecular weight is 326 g/mol. The molecule has 0 spiro atoms. The number of carbonyl (C=O) groups is 2. The topological polar surface area (TPSA) is 60.4 Å². The van der Waals surface area contributed by atoms with Gasteiger partial charge in [0.2, 0.25) is 0 Å². The predicted molar refractivity (Wildman–Crippen MR) is 93.1 cm³/mol. The molecule has 0 bridgehead atoms. The summed E-state index contributed by atoms with van der Waals surface area (Å²) in [7, 11) is 0. The summed E-state index contributed by atoms with van der Waals surface area (Å²) in [4.78, 5) is 24.4. The number of fused-ring (bicyclic) bond motifs is 3. The largest absolute Gasteiger partial charge is 0.464 e. The van der Waals surface area contributed by atoms with Crippen LogP contribution in [0.25, 0.3) is 21.9 Å². The Hall–Kier alpha value is -2.36. The summed E-state index contributed by atoms with van der Waals surface area (Å²) in [6, 6.07) is 5.73. The van der Waals surface area contributed by atoms with E-state index < -0.39 is 0 Å². The first-order chi connectivity index (χ1) is 11.5. The second-order valence-electron chi connectivity index (χ2n) is 6.47. The van der Waals surface area contributed by atoms with Crippen molar-refractivity contribution in [1.29, 1.82) is 0 Å². The standard InChI is InChI=1S/C20H22O4/c1-4-12(2)19(22)15(7-5-13(3)21)16-11-24-17-8-6-14-9-10-23-20(14)18(16)17/h6,8-12,15H,4-5,7H2,1-3H3. The van der Waals surface area contributed by atoms with E-state index >= 15 is 0 Å². The first-order valence-electron chi connectivity index (χ1n) is 8.43. The van der Waals surface area contributed by atoms with Gasteiger partial charge in [-0.1, -0.05) is 13.8 Å². The lowest BCUT2D eigenvalue weighted by Gasteiger charge is -2.18. The van der Waals surface area contributed by atoms with Crippen LogP contribution in [0.2, 0.25) is 0 Å². The third-order valence-corrected chi connectivity index (χ3v) is 4.79. The van der Waals surface area contributed by atoms with Crippen molar-refractivity contribution in [3.8, 4) is 0 Å². The summed E-state index contributed by atoms with van der Waals surface area (Å²) >= 11 is 0. The van der Waals surface area contributed by atoms with Gasteiger partial charge in [-0.15, -0.1) is 0 Å². The molecule has 0 saturated carbocycles. The minimum Gasteiger partial charge on any atom is -0.464 e. The Morgan fingerprint density at radius 1 is 1.17 bits per heavy atom. The van der Waals surface area contributed by atoms with Gasteiger partial charge >= 0.3 is 0 Å². The third-order valence-electron chi connectivity index (χ3n) is 4.79. The highest BCUT2D eigenvalue weighted by molar-refractivity contribution is 6.06. The van der Waals surface area contributed by atoms with Gasteiger partial charge in [-0.05, 0) is 38.0 Å². The Morgan fingerprint density at radius 2 is 1.96 bits per heavy atom. The van der Waals surface area contributed by atoms with E-state index in [0.29, 0.717) is 18.4 Å². The SMILES string of the molecule is CCC(C)C(=O)C(CCC(C)=O)c1coc2ccc3ccoc3c12. The molecule has 4 heteroatoms. The van der Waals surface area contributed by atoms with Gasteiger partial charge in [0.1, 0.15) is 22.7 Å². The zero-order chi connectivity index (χ0) is 17.3. The van der Waals surface area contributed by atoms with E-state index in [-0.39, 0.29) is 23.4 Å². The van der Waals surface area contributed by atoms with Crippen LogP contribution in [0, 0.1) is 5.92 Å². The van der Waals surface area contributed by atoms with Gasteiger partial charge in [0, 0.05) is 29.2 Å². The number of benzene rings is 1. The predicted octanol–water partition coefficient (Wildman–Crippen LogP) is 5.25. The molecule has 3 aromatic rings. The molecule has 0 aliphatic carbocycles. The van der Waals surface area contributed by atoms with Crippen LogP contribution in [0.4, 0.5) is 0 Å². The number of ketones is 2. The molecule has 1 aromatic carbocycles. The Balaban J connectivity index is 2.12. The van der Waals surface area contributed by atoms with E-state index in [1.807, 2.05) is 32.0 Å². The lowest BCUT2D eigenvalue weighted by molar-refractivity contribution is -0.124. The number of rotatable bonds is 7. The van der Waals surface area contributed by atoms with Crippen molar-refractivity contribution in [2.45, 2.75) is 46.0 Å². The average Bonchev–Trinajstić information content (AvgIpc) is 3.19. The molecule has 2 atom stereocenters. The molecule has 0 radical (unpaired) electrons. The molecule has 0 N–H and O–H groups in total. The summed E-state index contributed by atoms with van der Waals surface area (Å²) in [5.41, 5.74) is 2.27. The first-order valence-corrected chi connectivity index (χ1v) is 8.43. The van der Waals surface area contributed by atoms with Gasteiger partial charge in [-0.25, -0.2) is 0 Å². The van der Waals surface area contributed by atoms with Crippen molar-refractivity contribution in [3.63, 3.8) is 0 Å². The van der Waals surface area contributed by atoms with Crippen molar-refractivity contribution in [2.24, 2.45) is 5.92 Å². The number of hydrogen-bond acceptors (Lipinski definition) is 4. The van der Waals surface area contributed by atoms with Crippen molar-refractivity contribution >= 4 is 33.5 Å². The van der Waals surface area contributed by atoms with Gasteiger partial charge < -0.3 is 13.6 Å². The molecule has 24 heavy (non-hydrogen) atoms.